The monoisotopic (exact) mass is 236 g/mol. The summed E-state index contributed by atoms with van der Waals surface area (Å²) in [6, 6.07) is 4.02. The highest BCUT2D eigenvalue weighted by atomic mass is 35.5. The summed E-state index contributed by atoms with van der Waals surface area (Å²) in [5.41, 5.74) is 3.03. The second-order valence-corrected chi connectivity index (χ2v) is 4.01. The van der Waals surface area contributed by atoms with Gasteiger partial charge < -0.3 is 9.30 Å². The molecule has 0 aromatic carbocycles. The smallest absolute Gasteiger partial charge is 0.138 e. The van der Waals surface area contributed by atoms with Crippen LogP contribution in [-0.2, 0) is 11.8 Å². The van der Waals surface area contributed by atoms with Gasteiger partial charge in [0.2, 0.25) is 0 Å². The van der Waals surface area contributed by atoms with Gasteiger partial charge in [-0.3, -0.25) is 0 Å². The molecule has 2 aromatic rings. The number of hydrogen-bond donors (Lipinski definition) is 0. The Hall–Kier alpha value is -1.48. The van der Waals surface area contributed by atoms with E-state index in [4.69, 9.17) is 16.3 Å². The minimum atomic E-state index is 0.544. The van der Waals surface area contributed by atoms with Crippen molar-refractivity contribution >= 4 is 28.6 Å². The molecule has 0 radical (unpaired) electrons. The first-order chi connectivity index (χ1) is 7.63. The summed E-state index contributed by atoms with van der Waals surface area (Å²) in [6.07, 6.45) is 3.54. The fourth-order valence-corrected chi connectivity index (χ4v) is 2.01. The zero-order valence-corrected chi connectivity index (χ0v) is 10.2. The number of rotatable bonds is 2. The molecule has 0 aliphatic rings. The molecule has 0 unspecified atom stereocenters. The van der Waals surface area contributed by atoms with Crippen LogP contribution in [0.3, 0.4) is 0 Å². The van der Waals surface area contributed by atoms with Crippen molar-refractivity contribution in [1.29, 1.82) is 0 Å². The molecule has 2 heterocycles. The van der Waals surface area contributed by atoms with Crippen molar-refractivity contribution in [2.75, 3.05) is 7.11 Å². The zero-order chi connectivity index (χ0) is 11.7. The molecule has 0 amide bonds. The van der Waals surface area contributed by atoms with Crippen LogP contribution in [0.5, 0.6) is 0 Å². The Morgan fingerprint density at radius 3 is 2.88 bits per heavy atom. The van der Waals surface area contributed by atoms with E-state index in [9.17, 15) is 0 Å². The minimum absolute atomic E-state index is 0.544. The van der Waals surface area contributed by atoms with E-state index >= 15 is 0 Å². The van der Waals surface area contributed by atoms with E-state index in [1.165, 1.54) is 0 Å². The summed E-state index contributed by atoms with van der Waals surface area (Å²) >= 11 is 6.10. The SMILES string of the molecule is COC=Cc1cc2c(Cl)nc(C)cc2n1C. The van der Waals surface area contributed by atoms with Crippen LogP contribution in [0.2, 0.25) is 5.15 Å². The molecule has 3 nitrogen and oxygen atoms in total. The normalized spacial score (nSPS) is 11.5. The van der Waals surface area contributed by atoms with Crippen molar-refractivity contribution in [3.05, 3.63) is 34.9 Å². The lowest BCUT2D eigenvalue weighted by atomic mass is 10.3. The summed E-state index contributed by atoms with van der Waals surface area (Å²) in [5.74, 6) is 0. The molecule has 4 heteroatoms. The molecular formula is C12H13ClN2O. The third-order valence-corrected chi connectivity index (χ3v) is 2.82. The molecule has 84 valence electrons. The quantitative estimate of drug-likeness (QED) is 0.592. The number of methoxy groups -OCH3 is 1. The summed E-state index contributed by atoms with van der Waals surface area (Å²) in [6.45, 7) is 1.93. The third-order valence-electron chi connectivity index (χ3n) is 2.53. The second kappa shape index (κ2) is 4.18. The Morgan fingerprint density at radius 1 is 1.44 bits per heavy atom. The maximum Gasteiger partial charge on any atom is 0.138 e. The van der Waals surface area contributed by atoms with Gasteiger partial charge >= 0.3 is 0 Å². The molecule has 0 aliphatic carbocycles. The lowest BCUT2D eigenvalue weighted by Gasteiger charge is -2.01. The van der Waals surface area contributed by atoms with Crippen molar-refractivity contribution in [2.45, 2.75) is 6.92 Å². The molecule has 0 saturated heterocycles. The van der Waals surface area contributed by atoms with E-state index in [-0.39, 0.29) is 0 Å². The van der Waals surface area contributed by atoms with E-state index < -0.39 is 0 Å². The fourth-order valence-electron chi connectivity index (χ4n) is 1.72. The Morgan fingerprint density at radius 2 is 2.19 bits per heavy atom. The van der Waals surface area contributed by atoms with Crippen LogP contribution in [0.1, 0.15) is 11.4 Å². The van der Waals surface area contributed by atoms with Crippen LogP contribution >= 0.6 is 11.6 Å². The Bertz CT molecular complexity index is 558. The van der Waals surface area contributed by atoms with Gasteiger partial charge in [-0.05, 0) is 25.1 Å². The van der Waals surface area contributed by atoms with Gasteiger partial charge in [0, 0.05) is 23.8 Å². The largest absolute Gasteiger partial charge is 0.504 e. The van der Waals surface area contributed by atoms with Gasteiger partial charge in [0.1, 0.15) is 5.15 Å². The summed E-state index contributed by atoms with van der Waals surface area (Å²) in [7, 11) is 3.62. The van der Waals surface area contributed by atoms with E-state index in [1.54, 1.807) is 13.4 Å². The summed E-state index contributed by atoms with van der Waals surface area (Å²) < 4.78 is 6.97. The highest BCUT2D eigenvalue weighted by Gasteiger charge is 2.08. The Balaban J connectivity index is 2.68. The predicted octanol–water partition coefficient (Wildman–Crippen LogP) is 3.15. The van der Waals surface area contributed by atoms with Crippen LogP contribution in [0.4, 0.5) is 0 Å². The molecular weight excluding hydrogens is 224 g/mol. The van der Waals surface area contributed by atoms with Gasteiger partial charge in [0.25, 0.3) is 0 Å². The van der Waals surface area contributed by atoms with Crippen LogP contribution in [-0.4, -0.2) is 16.7 Å². The molecule has 2 aromatic heterocycles. The molecule has 2 rings (SSSR count). The Kier molecular flexibility index (Phi) is 2.88. The van der Waals surface area contributed by atoms with Gasteiger partial charge in [-0.1, -0.05) is 11.6 Å². The lowest BCUT2D eigenvalue weighted by molar-refractivity contribution is 0.341. The van der Waals surface area contributed by atoms with Crippen LogP contribution in [0.25, 0.3) is 17.0 Å². The van der Waals surface area contributed by atoms with E-state index in [2.05, 4.69) is 9.55 Å². The highest BCUT2D eigenvalue weighted by Crippen LogP contribution is 2.26. The van der Waals surface area contributed by atoms with Gasteiger partial charge in [-0.2, -0.15) is 0 Å². The topological polar surface area (TPSA) is 27.1 Å². The Labute approximate surface area is 99.3 Å². The number of aromatic nitrogens is 2. The number of pyridine rings is 1. The minimum Gasteiger partial charge on any atom is -0.504 e. The first kappa shape index (κ1) is 11.0. The second-order valence-electron chi connectivity index (χ2n) is 3.65. The zero-order valence-electron chi connectivity index (χ0n) is 9.49. The summed E-state index contributed by atoms with van der Waals surface area (Å²) in [5, 5.41) is 1.51. The van der Waals surface area contributed by atoms with E-state index in [0.29, 0.717) is 5.15 Å². The fraction of sp³-hybridized carbons (Fsp3) is 0.250. The van der Waals surface area contributed by atoms with Gasteiger partial charge in [0.15, 0.2) is 0 Å². The molecule has 0 saturated carbocycles. The van der Waals surface area contributed by atoms with E-state index in [0.717, 1.165) is 22.3 Å². The van der Waals surface area contributed by atoms with E-state index in [1.807, 2.05) is 32.2 Å². The molecule has 0 N–H and O–H groups in total. The highest BCUT2D eigenvalue weighted by molar-refractivity contribution is 6.34. The molecule has 0 fully saturated rings. The van der Waals surface area contributed by atoms with Crippen molar-refractivity contribution in [2.24, 2.45) is 7.05 Å². The average molecular weight is 237 g/mol. The van der Waals surface area contributed by atoms with Gasteiger partial charge in [-0.25, -0.2) is 4.98 Å². The van der Waals surface area contributed by atoms with Crippen molar-refractivity contribution in [3.63, 3.8) is 0 Å². The maximum absolute atomic E-state index is 6.10. The summed E-state index contributed by atoms with van der Waals surface area (Å²) in [4.78, 5) is 4.23. The van der Waals surface area contributed by atoms with Crippen LogP contribution < -0.4 is 0 Å². The molecule has 0 atom stereocenters. The molecule has 16 heavy (non-hydrogen) atoms. The third kappa shape index (κ3) is 1.78. The molecule has 0 bridgehead atoms. The number of halogens is 1. The number of fused-ring (bicyclic) bond motifs is 1. The molecule has 0 spiro atoms. The van der Waals surface area contributed by atoms with Crippen molar-refractivity contribution in [3.8, 4) is 0 Å². The van der Waals surface area contributed by atoms with Crippen molar-refractivity contribution in [1.82, 2.24) is 9.55 Å². The van der Waals surface area contributed by atoms with Crippen molar-refractivity contribution < 1.29 is 4.74 Å². The number of aryl methyl sites for hydroxylation is 2. The van der Waals surface area contributed by atoms with Crippen LogP contribution in [0.15, 0.2) is 18.4 Å². The number of nitrogens with zero attached hydrogens (tertiary/aromatic N) is 2. The van der Waals surface area contributed by atoms with Crippen LogP contribution in [0, 0.1) is 6.92 Å². The predicted molar refractivity (Wildman–Crippen MR) is 66.5 cm³/mol. The standard InChI is InChI=1S/C12H13ClN2O/c1-8-6-11-10(12(13)14-8)7-9(15(11)2)4-5-16-3/h4-7H,1-3H3. The number of ether oxygens (including phenoxy) is 1. The van der Waals surface area contributed by atoms with Gasteiger partial charge in [-0.15, -0.1) is 0 Å². The number of hydrogen-bond acceptors (Lipinski definition) is 2. The first-order valence-electron chi connectivity index (χ1n) is 4.95. The first-order valence-corrected chi connectivity index (χ1v) is 5.33. The lowest BCUT2D eigenvalue weighted by Crippen LogP contribution is -1.91. The van der Waals surface area contributed by atoms with Gasteiger partial charge in [0.05, 0.1) is 18.9 Å². The maximum atomic E-state index is 6.10. The molecule has 0 aliphatic heterocycles. The average Bonchev–Trinajstić information content (AvgIpc) is 2.54.